The molecule has 0 unspecified atom stereocenters. The second kappa shape index (κ2) is 9.56. The van der Waals surface area contributed by atoms with E-state index in [0.717, 1.165) is 25.9 Å². The summed E-state index contributed by atoms with van der Waals surface area (Å²) in [6.45, 7) is 3.05. The lowest BCUT2D eigenvalue weighted by Crippen LogP contribution is -2.57. The number of amides is 1. The molecule has 1 saturated heterocycles. The highest BCUT2D eigenvalue weighted by atomic mass is 16.3. The molecule has 0 saturated carbocycles. The minimum absolute atomic E-state index is 0.132. The lowest BCUT2D eigenvalue weighted by atomic mass is 9.71. The third-order valence-electron chi connectivity index (χ3n) is 7.49. The van der Waals surface area contributed by atoms with Crippen molar-refractivity contribution in [2.75, 3.05) is 33.9 Å². The number of hydrogen-bond acceptors (Lipinski definition) is 10. The van der Waals surface area contributed by atoms with Gasteiger partial charge in [-0.05, 0) is 58.6 Å². The maximum atomic E-state index is 13.8. The molecule has 2 aliphatic carbocycles. The molecule has 1 heterocycles. The number of phenolic OH excluding ortho intramolecular Hbond substituents is 1. The van der Waals surface area contributed by atoms with Crippen LogP contribution in [0, 0.1) is 0 Å². The number of likely N-dealkylation sites (N-methyl/N-ethyl adjacent to an activating group) is 1. The van der Waals surface area contributed by atoms with Crippen LogP contribution in [-0.2, 0) is 20.0 Å². The molecule has 6 N–H and O–H groups in total. The topological polar surface area (TPSA) is 171 Å². The maximum Gasteiger partial charge on any atom is 0.259 e. The van der Waals surface area contributed by atoms with E-state index in [2.05, 4.69) is 5.32 Å². The number of aliphatic hydroxyl groups is 4. The molecule has 0 spiro atoms. The number of aromatic hydroxyl groups is 1. The maximum absolute atomic E-state index is 13.8. The average molecular weight is 516 g/mol. The number of hydrogen-bond donors (Lipinski definition) is 6. The molecule has 4 rings (SSSR count). The highest BCUT2D eigenvalue weighted by Crippen LogP contribution is 2.46. The molecule has 1 aromatic rings. The Hall–Kier alpha value is -3.25. The van der Waals surface area contributed by atoms with E-state index in [9.17, 15) is 39.9 Å². The van der Waals surface area contributed by atoms with Crippen molar-refractivity contribution < 1.29 is 39.9 Å². The van der Waals surface area contributed by atoms with E-state index in [1.165, 1.54) is 44.1 Å². The fraction of sp³-hybridized carbons (Fsp3) is 0.500. The van der Waals surface area contributed by atoms with Crippen LogP contribution in [0.3, 0.4) is 0 Å². The molecule has 1 fully saturated rings. The molecule has 3 aliphatic rings. The number of nitrogens with one attached hydrogen (secondary N) is 1. The molecule has 1 amide bonds. The number of nitrogens with zero attached hydrogens (tertiary/aromatic N) is 2. The lowest BCUT2D eigenvalue weighted by molar-refractivity contribution is -0.140. The Balaban J connectivity index is 1.78. The van der Waals surface area contributed by atoms with Gasteiger partial charge in [-0.2, -0.15) is 0 Å². The van der Waals surface area contributed by atoms with Crippen LogP contribution in [0.25, 0.3) is 5.76 Å². The number of likely N-dealkylation sites (tertiary alicyclic amines) is 1. The number of fused-ring (bicyclic) bond motifs is 1. The van der Waals surface area contributed by atoms with Crippen molar-refractivity contribution in [1.29, 1.82) is 0 Å². The molecular formula is C26H33N3O8. The molecule has 1 aliphatic heterocycles. The zero-order valence-corrected chi connectivity index (χ0v) is 21.1. The van der Waals surface area contributed by atoms with E-state index < -0.39 is 70.2 Å². The fourth-order valence-corrected chi connectivity index (χ4v) is 5.36. The van der Waals surface area contributed by atoms with Crippen LogP contribution in [-0.4, -0.2) is 98.3 Å². The van der Waals surface area contributed by atoms with Crippen molar-refractivity contribution in [1.82, 2.24) is 15.1 Å². The second-order valence-electron chi connectivity index (χ2n) is 10.4. The standard InChI is InChI=1S/C26H33N3O8/c1-25(36)11-14(20(31)18-15(25)7-6-8-17(18)30)22(33)26(37)12-16(28(2)3)21(32)19(23(26)34)24(35)27-13-29-9-4-5-10-29/h6-8,16,30-31,34,36-37H,4-5,9-13H2,1-3H3,(H,27,35)/t16-,25-,26-/m1/s1. The largest absolute Gasteiger partial charge is 0.508 e. The third kappa shape index (κ3) is 4.52. The number of rotatable bonds is 6. The van der Waals surface area contributed by atoms with Crippen LogP contribution < -0.4 is 5.32 Å². The fourth-order valence-electron chi connectivity index (χ4n) is 5.36. The van der Waals surface area contributed by atoms with Gasteiger partial charge in [-0.1, -0.05) is 12.1 Å². The summed E-state index contributed by atoms with van der Waals surface area (Å²) in [6, 6.07) is 3.11. The Morgan fingerprint density at radius 2 is 1.78 bits per heavy atom. The Kier molecular flexibility index (Phi) is 6.93. The molecular weight excluding hydrogens is 482 g/mol. The number of carbonyl (C=O) groups is 3. The summed E-state index contributed by atoms with van der Waals surface area (Å²) in [6.07, 6.45) is 0.918. The van der Waals surface area contributed by atoms with Crippen LogP contribution in [0.2, 0.25) is 0 Å². The molecule has 11 heteroatoms. The van der Waals surface area contributed by atoms with Gasteiger partial charge in [0.25, 0.3) is 5.91 Å². The Morgan fingerprint density at radius 1 is 1.14 bits per heavy atom. The zero-order chi connectivity index (χ0) is 27.3. The summed E-state index contributed by atoms with van der Waals surface area (Å²) in [5.41, 5.74) is -5.62. The van der Waals surface area contributed by atoms with E-state index in [0.29, 0.717) is 0 Å². The average Bonchev–Trinajstić information content (AvgIpc) is 3.35. The predicted octanol–water partition coefficient (Wildman–Crippen LogP) is 0.457. The number of carbonyl (C=O) groups excluding carboxylic acids is 3. The van der Waals surface area contributed by atoms with Crippen molar-refractivity contribution >= 4 is 23.2 Å². The first-order valence-electron chi connectivity index (χ1n) is 12.2. The molecule has 1 aromatic carbocycles. The molecule has 0 aromatic heterocycles. The lowest BCUT2D eigenvalue weighted by Gasteiger charge is -2.40. The van der Waals surface area contributed by atoms with Crippen molar-refractivity contribution in [2.45, 2.75) is 49.9 Å². The SMILES string of the molecule is CN(C)[C@@H]1C[C@@](O)(C(=O)C2=C(O)c3c(O)cccc3[C@](C)(O)C2)C(O)=C(C(=O)NCN2CCCC2)C1=O. The minimum Gasteiger partial charge on any atom is -0.508 e. The van der Waals surface area contributed by atoms with Crippen LogP contribution in [0.5, 0.6) is 5.75 Å². The highest BCUT2D eigenvalue weighted by molar-refractivity contribution is 6.24. The van der Waals surface area contributed by atoms with Gasteiger partial charge in [0, 0.05) is 18.4 Å². The van der Waals surface area contributed by atoms with Gasteiger partial charge in [-0.25, -0.2) is 0 Å². The van der Waals surface area contributed by atoms with Crippen molar-refractivity contribution in [3.8, 4) is 5.75 Å². The molecule has 200 valence electrons. The summed E-state index contributed by atoms with van der Waals surface area (Å²) < 4.78 is 0. The van der Waals surface area contributed by atoms with Crippen molar-refractivity contribution in [3.63, 3.8) is 0 Å². The smallest absolute Gasteiger partial charge is 0.259 e. The van der Waals surface area contributed by atoms with E-state index >= 15 is 0 Å². The highest BCUT2D eigenvalue weighted by Gasteiger charge is 2.55. The van der Waals surface area contributed by atoms with Gasteiger partial charge >= 0.3 is 0 Å². The summed E-state index contributed by atoms with van der Waals surface area (Å²) >= 11 is 0. The van der Waals surface area contributed by atoms with Gasteiger partial charge in [-0.3, -0.25) is 24.2 Å². The number of benzene rings is 1. The van der Waals surface area contributed by atoms with Crippen LogP contribution in [0.4, 0.5) is 0 Å². The Labute approximate surface area is 214 Å². The van der Waals surface area contributed by atoms with Gasteiger partial charge < -0.3 is 30.8 Å². The van der Waals surface area contributed by atoms with Gasteiger partial charge in [-0.15, -0.1) is 0 Å². The van der Waals surface area contributed by atoms with Crippen molar-refractivity contribution in [2.24, 2.45) is 0 Å². The quantitative estimate of drug-likeness (QED) is 0.292. The number of Topliss-reactive ketones (excluding diaryl/α,β-unsaturated/α-hetero) is 2. The van der Waals surface area contributed by atoms with E-state index in [-0.39, 0.29) is 23.5 Å². The summed E-state index contributed by atoms with van der Waals surface area (Å²) in [5, 5.41) is 57.6. The monoisotopic (exact) mass is 515 g/mol. The first kappa shape index (κ1) is 26.8. The summed E-state index contributed by atoms with van der Waals surface area (Å²) in [4.78, 5) is 43.4. The number of phenols is 1. The Bertz CT molecular complexity index is 1210. The summed E-state index contributed by atoms with van der Waals surface area (Å²) in [7, 11) is 3.07. The molecule has 3 atom stereocenters. The first-order chi connectivity index (χ1) is 17.3. The molecule has 0 radical (unpaired) electrons. The van der Waals surface area contributed by atoms with Crippen LogP contribution in [0.1, 0.15) is 43.7 Å². The van der Waals surface area contributed by atoms with E-state index in [1.807, 2.05) is 4.90 Å². The van der Waals surface area contributed by atoms with Gasteiger partial charge in [0.2, 0.25) is 5.78 Å². The summed E-state index contributed by atoms with van der Waals surface area (Å²) in [5.74, 6) is -5.02. The van der Waals surface area contributed by atoms with E-state index in [4.69, 9.17) is 0 Å². The normalized spacial score (nSPS) is 28.6. The number of aliphatic hydroxyl groups excluding tert-OH is 2. The van der Waals surface area contributed by atoms with Gasteiger partial charge in [0.15, 0.2) is 11.4 Å². The molecule has 0 bridgehead atoms. The van der Waals surface area contributed by atoms with Crippen LogP contribution >= 0.6 is 0 Å². The third-order valence-corrected chi connectivity index (χ3v) is 7.49. The Morgan fingerprint density at radius 3 is 2.41 bits per heavy atom. The van der Waals surface area contributed by atoms with Crippen LogP contribution in [0.15, 0.2) is 35.1 Å². The van der Waals surface area contributed by atoms with Gasteiger partial charge in [0.05, 0.1) is 23.9 Å². The van der Waals surface area contributed by atoms with Crippen molar-refractivity contribution in [3.05, 3.63) is 46.2 Å². The van der Waals surface area contributed by atoms with Gasteiger partial charge in [0.1, 0.15) is 22.8 Å². The predicted molar refractivity (Wildman–Crippen MR) is 132 cm³/mol. The molecule has 37 heavy (non-hydrogen) atoms. The number of ketones is 2. The zero-order valence-electron chi connectivity index (χ0n) is 21.1. The van der Waals surface area contributed by atoms with E-state index in [1.54, 1.807) is 0 Å². The molecule has 11 nitrogen and oxygen atoms in total. The minimum atomic E-state index is -2.75. The second-order valence-corrected chi connectivity index (χ2v) is 10.4. The first-order valence-corrected chi connectivity index (χ1v) is 12.2.